The van der Waals surface area contributed by atoms with Gasteiger partial charge in [0.05, 0.1) is 37.9 Å². The van der Waals surface area contributed by atoms with Crippen LogP contribution >= 0.6 is 0 Å². The van der Waals surface area contributed by atoms with Gasteiger partial charge in [0.1, 0.15) is 0 Å². The van der Waals surface area contributed by atoms with Crippen molar-refractivity contribution in [3.63, 3.8) is 0 Å². The number of carbonyl (C=O) groups is 1. The smallest absolute Gasteiger partial charge is 0.225 e. The molecule has 0 saturated carbocycles. The molecule has 0 unspecified atom stereocenters. The zero-order chi connectivity index (χ0) is 24.9. The van der Waals surface area contributed by atoms with Gasteiger partial charge in [0, 0.05) is 57.7 Å². The van der Waals surface area contributed by atoms with Crippen molar-refractivity contribution >= 4 is 5.91 Å². The lowest BCUT2D eigenvalue weighted by Crippen LogP contribution is -2.55. The molecule has 2 aromatic rings. The minimum Gasteiger partial charge on any atom is -0.389 e. The largest absolute Gasteiger partial charge is 0.389 e. The third-order valence-corrected chi connectivity index (χ3v) is 7.67. The molecule has 3 aliphatic rings. The highest BCUT2D eigenvalue weighted by Crippen LogP contribution is 2.30. The number of hydrogen-bond donors (Lipinski definition) is 1. The molecule has 5 rings (SSSR count). The molecule has 4 heterocycles. The van der Waals surface area contributed by atoms with Gasteiger partial charge in [0.15, 0.2) is 0 Å². The van der Waals surface area contributed by atoms with E-state index in [0.717, 1.165) is 56.7 Å². The van der Waals surface area contributed by atoms with E-state index in [-0.39, 0.29) is 24.2 Å². The average Bonchev–Trinajstić information content (AvgIpc) is 2.89. The molecule has 194 valence electrons. The van der Waals surface area contributed by atoms with Gasteiger partial charge in [-0.3, -0.25) is 14.7 Å². The van der Waals surface area contributed by atoms with Crippen LogP contribution in [0.25, 0.3) is 11.1 Å². The summed E-state index contributed by atoms with van der Waals surface area (Å²) in [7, 11) is 2.10. The monoisotopic (exact) mass is 494 g/mol. The van der Waals surface area contributed by atoms with Gasteiger partial charge >= 0.3 is 0 Å². The first-order valence-corrected chi connectivity index (χ1v) is 13.2. The summed E-state index contributed by atoms with van der Waals surface area (Å²) < 4.78 is 12.3. The number of amides is 1. The van der Waals surface area contributed by atoms with E-state index in [0.29, 0.717) is 26.2 Å². The average molecular weight is 495 g/mol. The highest BCUT2D eigenvalue weighted by Gasteiger charge is 2.38. The Bertz CT molecular complexity index is 998. The first-order chi connectivity index (χ1) is 17.5. The standard InChI is InChI=1S/C28H38N4O4/c1-30-11-13-31(14-12-30)28(34)16-25-5-6-26-27(36-25)20-35-19-24(33)18-32(26)17-21-3-2-4-23(15-21)22-7-9-29-10-8-22/h2-4,7-10,15,24-27,33H,5-6,11-14,16-20H2,1H3/t24-,25+,26-,27+/m0/s1. The lowest BCUT2D eigenvalue weighted by atomic mass is 9.94. The molecule has 1 aromatic heterocycles. The maximum atomic E-state index is 12.9. The molecule has 8 nitrogen and oxygen atoms in total. The Kier molecular flexibility index (Phi) is 8.29. The summed E-state index contributed by atoms with van der Waals surface area (Å²) in [5.41, 5.74) is 3.49. The summed E-state index contributed by atoms with van der Waals surface area (Å²) in [6.45, 7) is 5.44. The molecule has 0 bridgehead atoms. The fraction of sp³-hybridized carbons (Fsp3) is 0.571. The number of fused-ring (bicyclic) bond motifs is 1. The van der Waals surface area contributed by atoms with Crippen LogP contribution in [0.3, 0.4) is 0 Å². The number of carbonyl (C=O) groups excluding carboxylic acids is 1. The number of β-amino-alcohol motifs (C(OH)–C–C–N with tert-alkyl or cyclic N) is 1. The second-order valence-corrected chi connectivity index (χ2v) is 10.4. The fourth-order valence-corrected chi connectivity index (χ4v) is 5.64. The predicted molar refractivity (Wildman–Crippen MR) is 137 cm³/mol. The van der Waals surface area contributed by atoms with Gasteiger partial charge in [-0.05, 0) is 54.8 Å². The van der Waals surface area contributed by atoms with Crippen LogP contribution in [0.4, 0.5) is 0 Å². The maximum absolute atomic E-state index is 12.9. The zero-order valence-corrected chi connectivity index (χ0v) is 21.2. The summed E-state index contributed by atoms with van der Waals surface area (Å²) in [4.78, 5) is 23.6. The van der Waals surface area contributed by atoms with Crippen molar-refractivity contribution in [2.45, 2.75) is 50.2 Å². The minimum absolute atomic E-state index is 0.0803. The van der Waals surface area contributed by atoms with Crippen LogP contribution in [0.5, 0.6) is 0 Å². The number of aliphatic hydroxyl groups is 1. The van der Waals surface area contributed by atoms with Crippen LogP contribution in [0.2, 0.25) is 0 Å². The number of ether oxygens (including phenoxy) is 2. The number of aromatic nitrogens is 1. The second kappa shape index (κ2) is 11.8. The van der Waals surface area contributed by atoms with Crippen molar-refractivity contribution in [2.24, 2.45) is 0 Å². The van der Waals surface area contributed by atoms with Crippen LogP contribution in [-0.2, 0) is 20.8 Å². The molecule has 8 heteroatoms. The van der Waals surface area contributed by atoms with Crippen molar-refractivity contribution in [2.75, 3.05) is 53.0 Å². The van der Waals surface area contributed by atoms with E-state index in [4.69, 9.17) is 9.47 Å². The normalized spacial score (nSPS) is 28.2. The number of likely N-dealkylation sites (N-methyl/N-ethyl adjacent to an activating group) is 1. The molecule has 4 atom stereocenters. The lowest BCUT2D eigenvalue weighted by Gasteiger charge is -2.45. The second-order valence-electron chi connectivity index (χ2n) is 10.4. The zero-order valence-electron chi connectivity index (χ0n) is 21.2. The van der Waals surface area contributed by atoms with Crippen LogP contribution < -0.4 is 0 Å². The van der Waals surface area contributed by atoms with Gasteiger partial charge in [-0.1, -0.05) is 18.2 Å². The highest BCUT2D eigenvalue weighted by atomic mass is 16.5. The molecular formula is C28H38N4O4. The van der Waals surface area contributed by atoms with Crippen molar-refractivity contribution < 1.29 is 19.4 Å². The van der Waals surface area contributed by atoms with Crippen molar-refractivity contribution in [3.05, 3.63) is 54.4 Å². The Labute approximate surface area is 213 Å². The van der Waals surface area contributed by atoms with Crippen LogP contribution in [-0.4, -0.2) is 108 Å². The summed E-state index contributed by atoms with van der Waals surface area (Å²) in [6.07, 6.45) is 5.09. The van der Waals surface area contributed by atoms with Crippen molar-refractivity contribution in [3.8, 4) is 11.1 Å². The summed E-state index contributed by atoms with van der Waals surface area (Å²) >= 11 is 0. The Morgan fingerprint density at radius 1 is 1.06 bits per heavy atom. The molecule has 0 aliphatic carbocycles. The van der Waals surface area contributed by atoms with E-state index in [1.807, 2.05) is 29.4 Å². The fourth-order valence-electron chi connectivity index (χ4n) is 5.64. The van der Waals surface area contributed by atoms with E-state index in [2.05, 4.69) is 46.1 Å². The van der Waals surface area contributed by atoms with E-state index in [1.54, 1.807) is 0 Å². The Morgan fingerprint density at radius 2 is 1.86 bits per heavy atom. The number of pyridine rings is 1. The van der Waals surface area contributed by atoms with Crippen molar-refractivity contribution in [1.29, 1.82) is 0 Å². The molecule has 0 spiro atoms. The first kappa shape index (κ1) is 25.3. The van der Waals surface area contributed by atoms with Crippen LogP contribution in [0.1, 0.15) is 24.8 Å². The summed E-state index contributed by atoms with van der Waals surface area (Å²) in [5.74, 6) is 0.193. The van der Waals surface area contributed by atoms with Gasteiger partial charge in [-0.25, -0.2) is 0 Å². The topological polar surface area (TPSA) is 78.4 Å². The van der Waals surface area contributed by atoms with Crippen molar-refractivity contribution in [1.82, 2.24) is 19.7 Å². The SMILES string of the molecule is CN1CCN(C(=O)C[C@H]2CC[C@H]3[C@@H](COC[C@@H](O)CN3Cc3cccc(-c4ccncc4)c3)O2)CC1. The summed E-state index contributed by atoms with van der Waals surface area (Å²) in [5, 5.41) is 10.6. The number of aliphatic hydroxyl groups excluding tert-OH is 1. The third kappa shape index (κ3) is 6.30. The molecule has 1 aromatic carbocycles. The molecular weight excluding hydrogens is 456 g/mol. The Morgan fingerprint density at radius 3 is 2.67 bits per heavy atom. The first-order valence-electron chi connectivity index (χ1n) is 13.2. The summed E-state index contributed by atoms with van der Waals surface area (Å²) in [6, 6.07) is 12.7. The van der Waals surface area contributed by atoms with Crippen LogP contribution in [0, 0.1) is 0 Å². The molecule has 36 heavy (non-hydrogen) atoms. The van der Waals surface area contributed by atoms with Gasteiger partial charge in [-0.2, -0.15) is 0 Å². The van der Waals surface area contributed by atoms with Gasteiger partial charge in [0.2, 0.25) is 5.91 Å². The van der Waals surface area contributed by atoms with E-state index in [9.17, 15) is 9.90 Å². The Hall–Kier alpha value is -2.36. The maximum Gasteiger partial charge on any atom is 0.225 e. The van der Waals surface area contributed by atoms with E-state index < -0.39 is 6.10 Å². The predicted octanol–water partition coefficient (Wildman–Crippen LogP) is 2.02. The van der Waals surface area contributed by atoms with Gasteiger partial charge in [0.25, 0.3) is 0 Å². The lowest BCUT2D eigenvalue weighted by molar-refractivity contribution is -0.161. The van der Waals surface area contributed by atoms with Gasteiger partial charge in [-0.15, -0.1) is 0 Å². The number of benzene rings is 1. The molecule has 0 radical (unpaired) electrons. The minimum atomic E-state index is -0.536. The quantitative estimate of drug-likeness (QED) is 0.681. The molecule has 3 fully saturated rings. The Balaban J connectivity index is 1.25. The van der Waals surface area contributed by atoms with Gasteiger partial charge < -0.3 is 24.4 Å². The number of rotatable bonds is 5. The third-order valence-electron chi connectivity index (χ3n) is 7.67. The molecule has 1 amide bonds. The van der Waals surface area contributed by atoms with E-state index >= 15 is 0 Å². The van der Waals surface area contributed by atoms with E-state index in [1.165, 1.54) is 5.56 Å². The molecule has 3 saturated heterocycles. The number of nitrogens with zero attached hydrogens (tertiary/aromatic N) is 4. The number of piperazine rings is 1. The molecule has 1 N–H and O–H groups in total. The number of hydrogen-bond acceptors (Lipinski definition) is 7. The molecule has 3 aliphatic heterocycles. The highest BCUT2D eigenvalue weighted by molar-refractivity contribution is 5.76. The van der Waals surface area contributed by atoms with Crippen LogP contribution in [0.15, 0.2) is 48.8 Å².